The fourth-order valence-electron chi connectivity index (χ4n) is 3.68. The third-order valence-corrected chi connectivity index (χ3v) is 5.20. The van der Waals surface area contributed by atoms with Gasteiger partial charge < -0.3 is 8.83 Å². The van der Waals surface area contributed by atoms with E-state index >= 15 is 17.6 Å². The summed E-state index contributed by atoms with van der Waals surface area (Å²) in [6, 6.07) is 5.45. The Labute approximate surface area is 192 Å². The lowest BCUT2D eigenvalue weighted by Gasteiger charge is -2.10. The van der Waals surface area contributed by atoms with Crippen LogP contribution >= 0.6 is 0 Å². The molecule has 14 heteroatoms. The van der Waals surface area contributed by atoms with Crippen molar-refractivity contribution in [1.29, 1.82) is 21.0 Å². The number of hydrogen-bond donors (Lipinski definition) is 0. The van der Waals surface area contributed by atoms with Gasteiger partial charge in [0.05, 0.1) is 21.5 Å². The maximum absolute atomic E-state index is 15.7. The van der Waals surface area contributed by atoms with Gasteiger partial charge >= 0.3 is 0 Å². The Morgan fingerprint density at radius 2 is 0.917 bits per heavy atom. The van der Waals surface area contributed by atoms with Crippen molar-refractivity contribution in [3.63, 3.8) is 0 Å². The van der Waals surface area contributed by atoms with Crippen LogP contribution in [0.2, 0.25) is 0 Å². The molecule has 5 aromatic rings. The first-order chi connectivity index (χ1) is 17.2. The molecule has 0 saturated carbocycles. The maximum Gasteiger partial charge on any atom is 0.249 e. The minimum absolute atomic E-state index is 0.814. The van der Waals surface area contributed by atoms with Crippen LogP contribution in [-0.4, -0.2) is 9.97 Å². The van der Waals surface area contributed by atoms with Crippen molar-refractivity contribution >= 4 is 54.9 Å². The highest BCUT2D eigenvalue weighted by atomic mass is 19.2. The summed E-state index contributed by atoms with van der Waals surface area (Å²) in [5, 5.41) is 30.2. The number of halogens is 6. The molecule has 0 atom stereocenters. The SMILES string of the molecule is N#CC(C#N)=c1nc2c(F)c3c(F)c4c(F)c(F)c5nc(=C(C#N)C#N)oc5c4c(F)c3c(F)c2o1. The molecular formula is C22F6N6O2. The van der Waals surface area contributed by atoms with Crippen LogP contribution in [0, 0.1) is 80.2 Å². The topological polar surface area (TPSA) is 147 Å². The number of nitriles is 4. The molecule has 0 bridgehead atoms. The summed E-state index contributed by atoms with van der Waals surface area (Å²) < 4.78 is 101. The molecule has 0 unspecified atom stereocenters. The van der Waals surface area contributed by atoms with Crippen molar-refractivity contribution in [2.45, 2.75) is 0 Å². The zero-order valence-electron chi connectivity index (χ0n) is 16.8. The molecule has 8 nitrogen and oxygen atoms in total. The molecule has 0 aliphatic heterocycles. The monoisotopic (exact) mass is 494 g/mol. The van der Waals surface area contributed by atoms with Gasteiger partial charge in [-0.05, 0) is 0 Å². The van der Waals surface area contributed by atoms with Crippen molar-refractivity contribution in [3.05, 3.63) is 46.0 Å². The number of fused-ring (bicyclic) bond motifs is 5. The smallest absolute Gasteiger partial charge is 0.249 e. The molecule has 0 radical (unpaired) electrons. The normalized spacial score (nSPS) is 10.9. The van der Waals surface area contributed by atoms with Gasteiger partial charge in [0, 0.05) is 0 Å². The molecule has 0 fully saturated rings. The van der Waals surface area contributed by atoms with E-state index in [2.05, 4.69) is 9.97 Å². The molecule has 2 heterocycles. The summed E-state index contributed by atoms with van der Waals surface area (Å²) in [5.74, 6) is -11.2. The van der Waals surface area contributed by atoms with E-state index in [1.807, 2.05) is 0 Å². The van der Waals surface area contributed by atoms with Crippen LogP contribution in [0.4, 0.5) is 26.3 Å². The number of aromatic nitrogens is 2. The minimum Gasteiger partial charge on any atom is -0.434 e. The highest BCUT2D eigenvalue weighted by Gasteiger charge is 2.32. The predicted octanol–water partition coefficient (Wildman–Crippen LogP) is 3.51. The fraction of sp³-hybridized carbons (Fsp3) is 0. The van der Waals surface area contributed by atoms with Gasteiger partial charge in [0.25, 0.3) is 0 Å². The van der Waals surface area contributed by atoms with Gasteiger partial charge in [0.1, 0.15) is 46.9 Å². The standard InChI is InChI=1S/C22F6N6O2/c23-11-7-8(15(27)20-17(14(7)26)33-22(36-20)6(3-31)4-32)12(24)10-9(11)13(25)16(28)18-19(10)35-21(34-18)5(1-29)2-30. The summed E-state index contributed by atoms with van der Waals surface area (Å²) in [5.41, 5.74) is -7.56. The number of rotatable bonds is 0. The summed E-state index contributed by atoms with van der Waals surface area (Å²) in [7, 11) is 0. The van der Waals surface area contributed by atoms with E-state index < -0.39 is 101 Å². The summed E-state index contributed by atoms with van der Waals surface area (Å²) in [6.07, 6.45) is 0. The van der Waals surface area contributed by atoms with Crippen molar-refractivity contribution in [1.82, 2.24) is 9.97 Å². The van der Waals surface area contributed by atoms with Gasteiger partial charge in [-0.2, -0.15) is 21.0 Å². The molecule has 0 aliphatic rings. The first-order valence-corrected chi connectivity index (χ1v) is 9.24. The van der Waals surface area contributed by atoms with Crippen LogP contribution in [0.5, 0.6) is 0 Å². The molecule has 0 N–H and O–H groups in total. The molecular weight excluding hydrogens is 494 g/mol. The number of nitrogens with zero attached hydrogens (tertiary/aromatic N) is 6. The van der Waals surface area contributed by atoms with Crippen LogP contribution in [-0.2, 0) is 0 Å². The Morgan fingerprint density at radius 3 is 1.44 bits per heavy atom. The molecule has 0 amide bonds. The van der Waals surface area contributed by atoms with Crippen LogP contribution in [0.1, 0.15) is 0 Å². The quantitative estimate of drug-likeness (QED) is 0.235. The second-order valence-corrected chi connectivity index (χ2v) is 6.97. The molecule has 5 rings (SSSR count). The Morgan fingerprint density at radius 1 is 0.500 bits per heavy atom. The third kappa shape index (κ3) is 2.61. The molecule has 3 aromatic carbocycles. The van der Waals surface area contributed by atoms with Crippen LogP contribution in [0.25, 0.3) is 54.9 Å². The van der Waals surface area contributed by atoms with E-state index in [0.717, 1.165) is 0 Å². The Bertz CT molecular complexity index is 2130. The van der Waals surface area contributed by atoms with Crippen molar-refractivity contribution in [2.75, 3.05) is 0 Å². The van der Waals surface area contributed by atoms with Crippen LogP contribution in [0.3, 0.4) is 0 Å². The third-order valence-electron chi connectivity index (χ3n) is 5.20. The van der Waals surface area contributed by atoms with E-state index in [0.29, 0.717) is 0 Å². The van der Waals surface area contributed by atoms with E-state index in [1.54, 1.807) is 0 Å². The van der Waals surface area contributed by atoms with Gasteiger partial charge in [-0.1, -0.05) is 0 Å². The van der Waals surface area contributed by atoms with Gasteiger partial charge in [-0.15, -0.1) is 0 Å². The Hall–Kier alpha value is -5.60. The van der Waals surface area contributed by atoms with Gasteiger partial charge in [0.15, 0.2) is 45.6 Å². The second-order valence-electron chi connectivity index (χ2n) is 6.97. The molecule has 172 valence electrons. The molecule has 0 saturated heterocycles. The zero-order chi connectivity index (χ0) is 26.0. The molecule has 0 spiro atoms. The molecule has 2 aromatic heterocycles. The van der Waals surface area contributed by atoms with Gasteiger partial charge in [0.2, 0.25) is 11.1 Å². The average Bonchev–Trinajstić information content (AvgIpc) is 3.50. The lowest BCUT2D eigenvalue weighted by Crippen LogP contribution is -2.04. The van der Waals surface area contributed by atoms with E-state index in [1.165, 1.54) is 24.3 Å². The molecule has 0 aliphatic carbocycles. The maximum atomic E-state index is 15.7. The largest absolute Gasteiger partial charge is 0.434 e. The van der Waals surface area contributed by atoms with Crippen LogP contribution in [0.15, 0.2) is 8.83 Å². The Kier molecular flexibility index (Phi) is 4.60. The summed E-state index contributed by atoms with van der Waals surface area (Å²) in [4.78, 5) is 6.87. The second kappa shape index (κ2) is 7.45. The highest BCUT2D eigenvalue weighted by molar-refractivity contribution is 6.12. The zero-order valence-corrected chi connectivity index (χ0v) is 16.8. The fourth-order valence-corrected chi connectivity index (χ4v) is 3.68. The lowest BCUT2D eigenvalue weighted by molar-refractivity contribution is 0.515. The Balaban J connectivity index is 2.14. The van der Waals surface area contributed by atoms with E-state index in [-0.39, 0.29) is 0 Å². The average molecular weight is 494 g/mol. The van der Waals surface area contributed by atoms with Crippen LogP contribution < -0.4 is 11.1 Å². The van der Waals surface area contributed by atoms with E-state index in [4.69, 9.17) is 29.9 Å². The van der Waals surface area contributed by atoms with Gasteiger partial charge in [-0.3, -0.25) is 0 Å². The summed E-state index contributed by atoms with van der Waals surface area (Å²) in [6.45, 7) is 0. The predicted molar refractivity (Wildman–Crippen MR) is 105 cm³/mol. The van der Waals surface area contributed by atoms with E-state index in [9.17, 15) is 8.78 Å². The summed E-state index contributed by atoms with van der Waals surface area (Å²) >= 11 is 0. The number of hydrogen-bond acceptors (Lipinski definition) is 8. The highest BCUT2D eigenvalue weighted by Crippen LogP contribution is 2.41. The van der Waals surface area contributed by atoms with Crippen molar-refractivity contribution in [3.8, 4) is 24.3 Å². The first kappa shape index (κ1) is 22.2. The lowest BCUT2D eigenvalue weighted by atomic mass is 9.99. The number of benzene rings is 3. The van der Waals surface area contributed by atoms with Gasteiger partial charge in [-0.25, -0.2) is 36.3 Å². The van der Waals surface area contributed by atoms with Crippen molar-refractivity contribution < 1.29 is 35.2 Å². The minimum atomic E-state index is -2.04. The molecule has 36 heavy (non-hydrogen) atoms. The van der Waals surface area contributed by atoms with Crippen molar-refractivity contribution in [2.24, 2.45) is 0 Å². The number of oxazole rings is 2. The first-order valence-electron chi connectivity index (χ1n) is 9.24.